The number of rotatable bonds is 13. The summed E-state index contributed by atoms with van der Waals surface area (Å²) >= 11 is 12.2. The van der Waals surface area contributed by atoms with E-state index in [2.05, 4.69) is 5.32 Å². The molecule has 2 rings (SSSR count). The number of likely N-dealkylation sites (N-methyl/N-ethyl adjacent to an activating group) is 1. The lowest BCUT2D eigenvalue weighted by molar-refractivity contribution is -0.141. The maximum Gasteiger partial charge on any atom is 0.242 e. The van der Waals surface area contributed by atoms with Gasteiger partial charge in [-0.05, 0) is 49.6 Å². The van der Waals surface area contributed by atoms with Crippen molar-refractivity contribution in [3.05, 3.63) is 58.1 Å². The fourth-order valence-corrected chi connectivity index (χ4v) is 5.09. The highest BCUT2D eigenvalue weighted by atomic mass is 35.5. The minimum atomic E-state index is -3.60. The molecule has 0 heterocycles. The highest BCUT2D eigenvalue weighted by Gasteiger charge is 2.28. The molecule has 2 aromatic carbocycles. The summed E-state index contributed by atoms with van der Waals surface area (Å²) in [5, 5.41) is 3.54. The molecule has 0 aliphatic heterocycles. The maximum absolute atomic E-state index is 13.4. The number of carbonyl (C=O) groups is 2. The summed E-state index contributed by atoms with van der Waals surface area (Å²) in [4.78, 5) is 27.6. The van der Waals surface area contributed by atoms with Gasteiger partial charge < -0.3 is 15.0 Å². The number of hydrogen-bond acceptors (Lipinski definition) is 5. The second kappa shape index (κ2) is 13.7. The van der Waals surface area contributed by atoms with Crippen LogP contribution in [0.25, 0.3) is 0 Å². The summed E-state index contributed by atoms with van der Waals surface area (Å²) in [5.41, 5.74) is 1.18. The van der Waals surface area contributed by atoms with Gasteiger partial charge in [0.15, 0.2) is 0 Å². The van der Waals surface area contributed by atoms with Crippen LogP contribution >= 0.6 is 23.2 Å². The number of sulfonamides is 1. The molecule has 0 saturated carbocycles. The largest absolute Gasteiger partial charge is 0.497 e. The standard InChI is InChI=1S/C25H33Cl2N3O5S/c1-5-23(25(32)28-6-2)29(17-18-12-13-21(26)22(27)15-18)24(31)11-8-14-30(36(4,33)34)19-9-7-10-20(16-19)35-3/h7,9-10,12-13,15-16,23H,5-6,8,11,14,17H2,1-4H3,(H,28,32)/t23-/m0/s1. The third-order valence-corrected chi connectivity index (χ3v) is 7.50. The molecule has 198 valence electrons. The predicted octanol–water partition coefficient (Wildman–Crippen LogP) is 4.49. The Labute approximate surface area is 223 Å². The van der Waals surface area contributed by atoms with Gasteiger partial charge in [0, 0.05) is 32.1 Å². The Balaban J connectivity index is 2.23. The summed E-state index contributed by atoms with van der Waals surface area (Å²) in [5.74, 6) is 0.0126. The molecular weight excluding hydrogens is 525 g/mol. The molecule has 0 fully saturated rings. The van der Waals surface area contributed by atoms with Crippen molar-refractivity contribution in [2.24, 2.45) is 0 Å². The number of methoxy groups -OCH3 is 1. The van der Waals surface area contributed by atoms with Crippen LogP contribution < -0.4 is 14.4 Å². The zero-order valence-electron chi connectivity index (χ0n) is 21.0. The highest BCUT2D eigenvalue weighted by molar-refractivity contribution is 7.92. The Bertz CT molecular complexity index is 1160. The first-order valence-electron chi connectivity index (χ1n) is 11.6. The van der Waals surface area contributed by atoms with Gasteiger partial charge in [-0.3, -0.25) is 13.9 Å². The quantitative estimate of drug-likeness (QED) is 0.391. The van der Waals surface area contributed by atoms with Gasteiger partial charge in [0.1, 0.15) is 11.8 Å². The van der Waals surface area contributed by atoms with E-state index in [0.717, 1.165) is 11.8 Å². The Morgan fingerprint density at radius 1 is 1.08 bits per heavy atom. The van der Waals surface area contributed by atoms with E-state index in [4.69, 9.17) is 27.9 Å². The van der Waals surface area contributed by atoms with Crippen LogP contribution in [0.1, 0.15) is 38.7 Å². The fraction of sp³-hybridized carbons (Fsp3) is 0.440. The molecule has 2 aromatic rings. The maximum atomic E-state index is 13.4. The summed E-state index contributed by atoms with van der Waals surface area (Å²) in [6.45, 7) is 4.35. The zero-order valence-corrected chi connectivity index (χ0v) is 23.3. The number of carbonyl (C=O) groups excluding carboxylic acids is 2. The third-order valence-electron chi connectivity index (χ3n) is 5.57. The van der Waals surface area contributed by atoms with Gasteiger partial charge >= 0.3 is 0 Å². The predicted molar refractivity (Wildman–Crippen MR) is 144 cm³/mol. The number of benzene rings is 2. The van der Waals surface area contributed by atoms with Crippen molar-refractivity contribution in [1.29, 1.82) is 0 Å². The summed E-state index contributed by atoms with van der Waals surface area (Å²) < 4.78 is 31.4. The molecule has 1 N–H and O–H groups in total. The van der Waals surface area contributed by atoms with Gasteiger partial charge in [0.2, 0.25) is 21.8 Å². The Morgan fingerprint density at radius 3 is 2.39 bits per heavy atom. The number of nitrogens with zero attached hydrogens (tertiary/aromatic N) is 2. The molecule has 0 radical (unpaired) electrons. The van der Waals surface area contributed by atoms with Crippen molar-refractivity contribution >= 4 is 50.7 Å². The molecule has 0 saturated heterocycles. The van der Waals surface area contributed by atoms with Crippen molar-refractivity contribution in [3.63, 3.8) is 0 Å². The molecule has 0 spiro atoms. The Morgan fingerprint density at radius 2 is 1.81 bits per heavy atom. The molecule has 0 unspecified atom stereocenters. The summed E-state index contributed by atoms with van der Waals surface area (Å²) in [7, 11) is -2.09. The van der Waals surface area contributed by atoms with Crippen LogP contribution in [-0.2, 0) is 26.2 Å². The molecule has 1 atom stereocenters. The lowest BCUT2D eigenvalue weighted by Crippen LogP contribution is -2.49. The van der Waals surface area contributed by atoms with Crippen LogP contribution in [0.15, 0.2) is 42.5 Å². The number of nitrogens with one attached hydrogen (secondary N) is 1. The minimum Gasteiger partial charge on any atom is -0.497 e. The van der Waals surface area contributed by atoms with Crippen LogP contribution in [0, 0.1) is 0 Å². The Kier molecular flexibility index (Phi) is 11.3. The molecular formula is C25H33Cl2N3O5S. The van der Waals surface area contributed by atoms with E-state index in [9.17, 15) is 18.0 Å². The second-order valence-electron chi connectivity index (χ2n) is 8.23. The summed E-state index contributed by atoms with van der Waals surface area (Å²) in [6.07, 6.45) is 1.84. The number of halogens is 2. The van der Waals surface area contributed by atoms with E-state index in [1.165, 1.54) is 16.3 Å². The molecule has 0 bridgehead atoms. The van der Waals surface area contributed by atoms with E-state index in [1.54, 1.807) is 42.5 Å². The third kappa shape index (κ3) is 8.28. The van der Waals surface area contributed by atoms with E-state index in [1.807, 2.05) is 13.8 Å². The first-order valence-corrected chi connectivity index (χ1v) is 14.2. The fourth-order valence-electron chi connectivity index (χ4n) is 3.82. The molecule has 36 heavy (non-hydrogen) atoms. The van der Waals surface area contributed by atoms with Crippen LogP contribution in [0.5, 0.6) is 5.75 Å². The van der Waals surface area contributed by atoms with Crippen LogP contribution in [0.4, 0.5) is 5.69 Å². The molecule has 2 amide bonds. The van der Waals surface area contributed by atoms with Gasteiger partial charge in [-0.25, -0.2) is 8.42 Å². The van der Waals surface area contributed by atoms with Gasteiger partial charge in [-0.15, -0.1) is 0 Å². The zero-order chi connectivity index (χ0) is 26.9. The number of hydrogen-bond donors (Lipinski definition) is 1. The minimum absolute atomic E-state index is 0.0488. The first-order chi connectivity index (χ1) is 17.0. The van der Waals surface area contributed by atoms with E-state index >= 15 is 0 Å². The molecule has 0 aromatic heterocycles. The van der Waals surface area contributed by atoms with E-state index in [-0.39, 0.29) is 37.7 Å². The van der Waals surface area contributed by atoms with E-state index < -0.39 is 16.1 Å². The van der Waals surface area contributed by atoms with Gasteiger partial charge in [0.25, 0.3) is 0 Å². The lowest BCUT2D eigenvalue weighted by Gasteiger charge is -2.31. The highest BCUT2D eigenvalue weighted by Crippen LogP contribution is 2.26. The molecule has 0 aliphatic carbocycles. The van der Waals surface area contributed by atoms with Crippen LogP contribution in [-0.4, -0.2) is 57.6 Å². The van der Waals surface area contributed by atoms with Gasteiger partial charge in [-0.1, -0.05) is 42.3 Å². The van der Waals surface area contributed by atoms with E-state index in [0.29, 0.717) is 34.4 Å². The van der Waals surface area contributed by atoms with Crippen molar-refractivity contribution < 1.29 is 22.7 Å². The number of ether oxygens (including phenoxy) is 1. The Hall–Kier alpha value is -2.49. The normalized spacial score (nSPS) is 12.1. The SMILES string of the molecule is CCNC(=O)[C@H](CC)N(Cc1ccc(Cl)c(Cl)c1)C(=O)CCCN(c1cccc(OC)c1)S(C)(=O)=O. The number of anilines is 1. The van der Waals surface area contributed by atoms with Crippen molar-refractivity contribution in [1.82, 2.24) is 10.2 Å². The molecule has 8 nitrogen and oxygen atoms in total. The average Bonchev–Trinajstić information content (AvgIpc) is 2.83. The smallest absolute Gasteiger partial charge is 0.242 e. The average molecular weight is 559 g/mol. The van der Waals surface area contributed by atoms with Gasteiger partial charge in [-0.2, -0.15) is 0 Å². The second-order valence-corrected chi connectivity index (χ2v) is 11.0. The van der Waals surface area contributed by atoms with Gasteiger partial charge in [0.05, 0.1) is 29.1 Å². The van der Waals surface area contributed by atoms with Crippen molar-refractivity contribution in [3.8, 4) is 5.75 Å². The van der Waals surface area contributed by atoms with Crippen LogP contribution in [0.3, 0.4) is 0 Å². The molecule has 0 aliphatic rings. The number of amides is 2. The summed E-state index contributed by atoms with van der Waals surface area (Å²) in [6, 6.07) is 11.1. The first kappa shape index (κ1) is 29.7. The topological polar surface area (TPSA) is 96.0 Å². The monoisotopic (exact) mass is 557 g/mol. The van der Waals surface area contributed by atoms with Crippen LogP contribution in [0.2, 0.25) is 10.0 Å². The molecule has 11 heteroatoms. The van der Waals surface area contributed by atoms with Crippen molar-refractivity contribution in [2.75, 3.05) is 30.8 Å². The van der Waals surface area contributed by atoms with Crippen molar-refractivity contribution in [2.45, 2.75) is 45.7 Å². The lowest BCUT2D eigenvalue weighted by atomic mass is 10.1.